The Hall–Kier alpha value is -1.59. The molecule has 0 aliphatic rings. The summed E-state index contributed by atoms with van der Waals surface area (Å²) in [6.45, 7) is 11.4. The average molecular weight is 906 g/mol. The molecular weight excluding hydrogens is 793 g/mol. The van der Waals surface area contributed by atoms with Crippen LogP contribution in [0.15, 0.2) is 0 Å². The second-order valence-corrected chi connectivity index (χ2v) is 20.9. The van der Waals surface area contributed by atoms with Crippen molar-refractivity contribution >= 4 is 17.9 Å². The fourth-order valence-corrected chi connectivity index (χ4v) is 8.87. The third kappa shape index (κ3) is 51.4. The number of hydrogen-bond acceptors (Lipinski definition) is 6. The topological polar surface area (TPSA) is 78.9 Å². The van der Waals surface area contributed by atoms with E-state index in [2.05, 4.69) is 34.6 Å². The van der Waals surface area contributed by atoms with E-state index in [9.17, 15) is 14.4 Å². The van der Waals surface area contributed by atoms with Gasteiger partial charge in [-0.05, 0) is 31.1 Å². The van der Waals surface area contributed by atoms with Gasteiger partial charge < -0.3 is 14.2 Å². The van der Waals surface area contributed by atoms with Crippen molar-refractivity contribution in [2.75, 3.05) is 13.2 Å². The predicted octanol–water partition coefficient (Wildman–Crippen LogP) is 18.9. The third-order valence-corrected chi connectivity index (χ3v) is 13.2. The minimum atomic E-state index is -0.763. The molecule has 1 atom stereocenters. The summed E-state index contributed by atoms with van der Waals surface area (Å²) in [5.41, 5.74) is 0. The van der Waals surface area contributed by atoms with Crippen molar-refractivity contribution in [2.45, 2.75) is 330 Å². The van der Waals surface area contributed by atoms with Gasteiger partial charge in [-0.15, -0.1) is 0 Å². The molecule has 0 aromatic rings. The van der Waals surface area contributed by atoms with Crippen LogP contribution in [0, 0.1) is 11.8 Å². The van der Waals surface area contributed by atoms with Crippen LogP contribution in [0.1, 0.15) is 324 Å². The Morgan fingerprint density at radius 3 is 0.766 bits per heavy atom. The fraction of sp³-hybridized carbons (Fsp3) is 0.948. The molecule has 0 saturated carbocycles. The Kier molecular flexibility index (Phi) is 49.6. The van der Waals surface area contributed by atoms with Gasteiger partial charge in [0.2, 0.25) is 0 Å². The molecule has 0 aromatic carbocycles. The highest BCUT2D eigenvalue weighted by molar-refractivity contribution is 5.71. The van der Waals surface area contributed by atoms with E-state index in [1.807, 2.05) is 0 Å². The number of unbranched alkanes of at least 4 members (excludes halogenated alkanes) is 37. The molecule has 6 heteroatoms. The number of hydrogen-bond donors (Lipinski definition) is 0. The lowest BCUT2D eigenvalue weighted by Gasteiger charge is -2.18. The molecule has 0 aliphatic carbocycles. The molecule has 0 spiro atoms. The molecule has 0 amide bonds. The first kappa shape index (κ1) is 62.4. The van der Waals surface area contributed by atoms with Crippen molar-refractivity contribution < 1.29 is 28.6 Å². The van der Waals surface area contributed by atoms with Crippen LogP contribution in [0.5, 0.6) is 0 Å². The first-order chi connectivity index (χ1) is 31.2. The van der Waals surface area contributed by atoms with Crippen LogP contribution in [-0.2, 0) is 28.6 Å². The second kappa shape index (κ2) is 50.8. The summed E-state index contributed by atoms with van der Waals surface area (Å²) in [5, 5.41) is 0. The summed E-state index contributed by atoms with van der Waals surface area (Å²) < 4.78 is 16.9. The smallest absolute Gasteiger partial charge is 0.306 e. The van der Waals surface area contributed by atoms with Gasteiger partial charge in [0.05, 0.1) is 0 Å². The molecule has 0 aromatic heterocycles. The summed E-state index contributed by atoms with van der Waals surface area (Å²) >= 11 is 0. The lowest BCUT2D eigenvalue weighted by Crippen LogP contribution is -2.30. The van der Waals surface area contributed by atoms with Gasteiger partial charge in [-0.2, -0.15) is 0 Å². The summed E-state index contributed by atoms with van der Waals surface area (Å²) in [4.78, 5) is 38.1. The van der Waals surface area contributed by atoms with Crippen molar-refractivity contribution in [3.05, 3.63) is 0 Å². The Labute approximate surface area is 399 Å². The fourth-order valence-electron chi connectivity index (χ4n) is 8.87. The Balaban J connectivity index is 4.24. The summed E-state index contributed by atoms with van der Waals surface area (Å²) in [5.74, 6) is 0.795. The quantitative estimate of drug-likeness (QED) is 0.0344. The van der Waals surface area contributed by atoms with Gasteiger partial charge in [-0.3, -0.25) is 14.4 Å². The van der Waals surface area contributed by atoms with E-state index < -0.39 is 6.10 Å². The zero-order valence-corrected chi connectivity index (χ0v) is 43.9. The van der Waals surface area contributed by atoms with Crippen LogP contribution in [0.4, 0.5) is 0 Å². The maximum atomic E-state index is 12.8. The van der Waals surface area contributed by atoms with Crippen molar-refractivity contribution in [3.63, 3.8) is 0 Å². The molecule has 0 radical (unpaired) electrons. The normalized spacial score (nSPS) is 12.0. The van der Waals surface area contributed by atoms with Gasteiger partial charge in [-0.1, -0.05) is 285 Å². The van der Waals surface area contributed by atoms with Gasteiger partial charge in [0.15, 0.2) is 6.10 Å². The molecule has 0 unspecified atom stereocenters. The van der Waals surface area contributed by atoms with Crippen molar-refractivity contribution in [3.8, 4) is 0 Å². The van der Waals surface area contributed by atoms with E-state index in [-0.39, 0.29) is 31.1 Å². The Bertz CT molecular complexity index is 978. The van der Waals surface area contributed by atoms with Crippen molar-refractivity contribution in [1.82, 2.24) is 0 Å². The van der Waals surface area contributed by atoms with Gasteiger partial charge in [0.25, 0.3) is 0 Å². The summed E-state index contributed by atoms with van der Waals surface area (Å²) in [7, 11) is 0. The van der Waals surface area contributed by atoms with Crippen LogP contribution in [0.2, 0.25) is 0 Å². The second-order valence-electron chi connectivity index (χ2n) is 20.9. The molecule has 0 saturated heterocycles. The highest BCUT2D eigenvalue weighted by atomic mass is 16.6. The van der Waals surface area contributed by atoms with Crippen molar-refractivity contribution in [2.24, 2.45) is 11.8 Å². The maximum absolute atomic E-state index is 12.8. The van der Waals surface area contributed by atoms with Gasteiger partial charge >= 0.3 is 17.9 Å². The highest BCUT2D eigenvalue weighted by Crippen LogP contribution is 2.18. The van der Waals surface area contributed by atoms with Gasteiger partial charge in [0, 0.05) is 19.3 Å². The zero-order chi connectivity index (χ0) is 46.8. The predicted molar refractivity (Wildman–Crippen MR) is 275 cm³/mol. The van der Waals surface area contributed by atoms with Crippen LogP contribution in [0.25, 0.3) is 0 Å². The molecule has 380 valence electrons. The monoisotopic (exact) mass is 905 g/mol. The number of esters is 3. The number of carbonyl (C=O) groups is 3. The van der Waals surface area contributed by atoms with Crippen LogP contribution >= 0.6 is 0 Å². The minimum Gasteiger partial charge on any atom is -0.462 e. The van der Waals surface area contributed by atoms with Gasteiger partial charge in [0.1, 0.15) is 13.2 Å². The molecule has 64 heavy (non-hydrogen) atoms. The standard InChI is InChI=1S/C58H112O6/c1-6-7-8-9-10-11-12-13-14-15-16-17-21-24-27-33-38-43-48-56(59)62-51-55(64-58(61)50-45-40-35-30-29-32-37-42-47-54(4)5)52-63-57(60)49-44-39-34-28-25-22-19-18-20-23-26-31-36-41-46-53(2)3/h53-55H,6-52H2,1-5H3/t55-/m0/s1. The van der Waals surface area contributed by atoms with Crippen LogP contribution in [0.3, 0.4) is 0 Å². The molecule has 0 rings (SSSR count). The molecule has 0 bridgehead atoms. The summed E-state index contributed by atoms with van der Waals surface area (Å²) in [6.07, 6.45) is 53.9. The van der Waals surface area contributed by atoms with E-state index >= 15 is 0 Å². The molecule has 0 aliphatic heterocycles. The first-order valence-electron chi connectivity index (χ1n) is 28.7. The Morgan fingerprint density at radius 2 is 0.516 bits per heavy atom. The summed E-state index contributed by atoms with van der Waals surface area (Å²) in [6, 6.07) is 0. The number of ether oxygens (including phenoxy) is 3. The van der Waals surface area contributed by atoms with E-state index in [0.29, 0.717) is 19.3 Å². The van der Waals surface area contributed by atoms with Gasteiger partial charge in [-0.25, -0.2) is 0 Å². The van der Waals surface area contributed by atoms with Crippen LogP contribution < -0.4 is 0 Å². The molecule has 0 heterocycles. The van der Waals surface area contributed by atoms with Crippen LogP contribution in [-0.4, -0.2) is 37.2 Å². The van der Waals surface area contributed by atoms with E-state index in [1.54, 1.807) is 0 Å². The molecule has 0 fully saturated rings. The van der Waals surface area contributed by atoms with E-state index in [4.69, 9.17) is 14.2 Å². The number of rotatable bonds is 52. The first-order valence-corrected chi connectivity index (χ1v) is 28.7. The molecule has 6 nitrogen and oxygen atoms in total. The third-order valence-electron chi connectivity index (χ3n) is 13.2. The Morgan fingerprint density at radius 1 is 0.297 bits per heavy atom. The van der Waals surface area contributed by atoms with Crippen molar-refractivity contribution in [1.29, 1.82) is 0 Å². The SMILES string of the molecule is CCCCCCCCCCCCCCCCCCCCC(=O)OC[C@@H](COC(=O)CCCCCCCCCCCCCCCCC(C)C)OC(=O)CCCCCCCCCCC(C)C. The number of carbonyl (C=O) groups excluding carboxylic acids is 3. The van der Waals surface area contributed by atoms with E-state index in [0.717, 1.165) is 69.6 Å². The lowest BCUT2D eigenvalue weighted by atomic mass is 10.0. The largest absolute Gasteiger partial charge is 0.462 e. The molecular formula is C58H112O6. The minimum absolute atomic E-state index is 0.0633. The van der Waals surface area contributed by atoms with E-state index in [1.165, 1.54) is 212 Å². The maximum Gasteiger partial charge on any atom is 0.306 e. The lowest BCUT2D eigenvalue weighted by molar-refractivity contribution is -0.167. The molecule has 0 N–H and O–H groups in total. The zero-order valence-electron chi connectivity index (χ0n) is 43.9. The highest BCUT2D eigenvalue weighted by Gasteiger charge is 2.19. The average Bonchev–Trinajstić information content (AvgIpc) is 3.27.